The van der Waals surface area contributed by atoms with Crippen LogP contribution in [0, 0.1) is 0 Å². The molecule has 1 aromatic rings. The Morgan fingerprint density at radius 2 is 1.37 bits per heavy atom. The topological polar surface area (TPSA) is 90.8 Å². The molecule has 0 aliphatic carbocycles. The lowest BCUT2D eigenvalue weighted by Crippen LogP contribution is -2.80. The zero-order chi connectivity index (χ0) is 29.8. The first-order valence-corrected chi connectivity index (χ1v) is 17.7. The van der Waals surface area contributed by atoms with Gasteiger partial charge in [0, 0.05) is 12.8 Å². The number of hydrogen-bond acceptors (Lipinski definition) is 6. The molecule has 41 heavy (non-hydrogen) atoms. The van der Waals surface area contributed by atoms with Crippen LogP contribution in [0.5, 0.6) is 5.75 Å². The summed E-state index contributed by atoms with van der Waals surface area (Å²) in [6, 6.07) is 7.87. The predicted octanol–water partition coefficient (Wildman–Crippen LogP) is 7.64. The van der Waals surface area contributed by atoms with Gasteiger partial charge in [-0.25, -0.2) is 0 Å². The van der Waals surface area contributed by atoms with Crippen LogP contribution in [-0.2, 0) is 25.0 Å². The third kappa shape index (κ3) is 22.0. The highest BCUT2D eigenvalue weighted by Gasteiger charge is 2.20. The molecule has 7 nitrogen and oxygen atoms in total. The van der Waals surface area contributed by atoms with Gasteiger partial charge in [-0.1, -0.05) is 128 Å². The van der Waals surface area contributed by atoms with E-state index >= 15 is 0 Å². The summed E-state index contributed by atoms with van der Waals surface area (Å²) in [5, 5.41) is 1.96. The number of para-hydroxylation sites is 1. The minimum atomic E-state index is -2.01. The second kappa shape index (κ2) is 27.6. The van der Waals surface area contributed by atoms with Crippen molar-refractivity contribution in [1.82, 2.24) is 0 Å². The lowest BCUT2D eigenvalue weighted by atomic mass is 10.0. The fourth-order valence-electron chi connectivity index (χ4n) is 4.73. The Hall–Kier alpha value is -1.24. The molecule has 0 saturated carbocycles. The molecule has 0 fully saturated rings. The number of quaternary nitrogens is 1. The smallest absolute Gasteiger partial charge is 0.330 e. The van der Waals surface area contributed by atoms with Gasteiger partial charge >= 0.3 is 14.6 Å². The molecule has 0 amide bonds. The summed E-state index contributed by atoms with van der Waals surface area (Å²) in [5.41, 5.74) is 0.963. The Morgan fingerprint density at radius 3 is 1.93 bits per heavy atom. The lowest BCUT2D eigenvalue weighted by Gasteiger charge is -2.20. The zero-order valence-electron chi connectivity index (χ0n) is 26.5. The maximum Gasteiger partial charge on any atom is 0.330 e. The second-order valence-electron chi connectivity index (χ2n) is 11.0. The van der Waals surface area contributed by atoms with E-state index in [0.717, 1.165) is 24.3 Å². The van der Waals surface area contributed by atoms with Gasteiger partial charge in [0.15, 0.2) is 0 Å². The first-order chi connectivity index (χ1) is 20.1. The number of rotatable bonds is 29. The molecule has 2 atom stereocenters. The Kier molecular flexibility index (Phi) is 25.4. The molecule has 3 N–H and O–H groups in total. The summed E-state index contributed by atoms with van der Waals surface area (Å²) in [7, 11) is -0.0710. The summed E-state index contributed by atoms with van der Waals surface area (Å²) in [5.74, 6) is 0.515. The van der Waals surface area contributed by atoms with E-state index in [0.29, 0.717) is 19.6 Å². The number of benzene rings is 1. The molecule has 1 aromatic carbocycles. The van der Waals surface area contributed by atoms with Crippen molar-refractivity contribution in [3.63, 3.8) is 0 Å². The van der Waals surface area contributed by atoms with Crippen LogP contribution in [0.3, 0.4) is 0 Å². The van der Waals surface area contributed by atoms with Gasteiger partial charge in [0.2, 0.25) is 0 Å². The number of likely N-dealkylation sites (N-methyl/N-ethyl adjacent to an activating group) is 1. The molecule has 2 unspecified atom stereocenters. The Morgan fingerprint density at radius 1 is 0.805 bits per heavy atom. The van der Waals surface area contributed by atoms with Crippen LogP contribution in [-0.4, -0.2) is 50.4 Å². The van der Waals surface area contributed by atoms with Crippen LogP contribution in [0.25, 0.3) is 0 Å². The third-order valence-electron chi connectivity index (χ3n) is 7.24. The summed E-state index contributed by atoms with van der Waals surface area (Å²) >= 11 is 0. The molecule has 0 spiro atoms. The van der Waals surface area contributed by atoms with Crippen molar-refractivity contribution in [1.29, 1.82) is 0 Å². The molecule has 0 saturated heterocycles. The molecule has 238 valence electrons. The highest BCUT2D eigenvalue weighted by atomic mass is 31.2. The van der Waals surface area contributed by atoms with Crippen LogP contribution in [0.4, 0.5) is 0 Å². The third-order valence-corrected chi connectivity index (χ3v) is 8.01. The average molecular weight is 599 g/mol. The van der Waals surface area contributed by atoms with E-state index in [1.165, 1.54) is 96.3 Å². The number of hydrogen-bond donors (Lipinski definition) is 2. The van der Waals surface area contributed by atoms with Gasteiger partial charge in [-0.15, -0.1) is 0 Å². The van der Waals surface area contributed by atoms with Gasteiger partial charge in [0.05, 0.1) is 26.8 Å². The van der Waals surface area contributed by atoms with E-state index in [-0.39, 0.29) is 19.0 Å². The predicted molar refractivity (Wildman–Crippen MR) is 169 cm³/mol. The monoisotopic (exact) mass is 598 g/mol. The van der Waals surface area contributed by atoms with Gasteiger partial charge in [0.1, 0.15) is 18.5 Å². The SMILES string of the molecule is CCCCCCCCCCCCCCCCCCOc1ccccc1CC(COP(O)OCC[NH2+]C)OC(=O)CC. The largest absolute Gasteiger partial charge is 0.493 e. The molecule has 0 heterocycles. The van der Waals surface area contributed by atoms with E-state index in [1.54, 1.807) is 6.92 Å². The van der Waals surface area contributed by atoms with Crippen molar-refractivity contribution in [2.24, 2.45) is 0 Å². The Bertz CT molecular complexity index is 737. The fraction of sp³-hybridized carbons (Fsp3) is 0.788. The van der Waals surface area contributed by atoms with Gasteiger partial charge < -0.3 is 28.7 Å². The standard InChI is InChI=1S/C33H60NO6P/c1-4-6-7-8-9-10-11-12-13-14-15-16-17-18-19-22-26-37-32-24-21-20-23-30(32)28-31(40-33(35)5-2)29-39-41(36)38-27-25-34-3/h20-21,23-24,31,34,36H,4-19,22,25-29H2,1-3H3/p+1. The van der Waals surface area contributed by atoms with E-state index in [2.05, 4.69) is 6.92 Å². The maximum absolute atomic E-state index is 12.0. The fourth-order valence-corrected chi connectivity index (χ4v) is 5.36. The quantitative estimate of drug-likeness (QED) is 0.0560. The number of carbonyl (C=O) groups is 1. The molecular formula is C33H61NO6P+. The molecule has 0 aromatic heterocycles. The first-order valence-electron chi connectivity index (χ1n) is 16.5. The summed E-state index contributed by atoms with van der Waals surface area (Å²) in [4.78, 5) is 22.0. The van der Waals surface area contributed by atoms with E-state index in [1.807, 2.05) is 36.6 Å². The summed E-state index contributed by atoms with van der Waals surface area (Å²) < 4.78 is 22.5. The maximum atomic E-state index is 12.0. The molecule has 0 aliphatic heterocycles. The van der Waals surface area contributed by atoms with E-state index in [9.17, 15) is 9.69 Å². The number of ether oxygens (including phenoxy) is 2. The van der Waals surface area contributed by atoms with Crippen LogP contribution in [0.1, 0.15) is 129 Å². The number of unbranched alkanes of at least 4 members (excludes halogenated alkanes) is 15. The van der Waals surface area contributed by atoms with Crippen molar-refractivity contribution in [3.8, 4) is 5.75 Å². The van der Waals surface area contributed by atoms with Gasteiger partial charge in [-0.2, -0.15) is 0 Å². The van der Waals surface area contributed by atoms with Crippen molar-refractivity contribution in [2.45, 2.75) is 136 Å². The van der Waals surface area contributed by atoms with Crippen molar-refractivity contribution in [3.05, 3.63) is 29.8 Å². The Balaban J connectivity index is 2.22. The second-order valence-corrected chi connectivity index (χ2v) is 12.0. The van der Waals surface area contributed by atoms with Crippen LogP contribution in [0.2, 0.25) is 0 Å². The number of carbonyl (C=O) groups excluding carboxylic acids is 1. The molecule has 0 bridgehead atoms. The average Bonchev–Trinajstić information content (AvgIpc) is 2.98. The summed E-state index contributed by atoms with van der Waals surface area (Å²) in [6.07, 6.45) is 21.8. The molecule has 0 aliphatic rings. The first kappa shape index (κ1) is 37.8. The Labute approximate surface area is 252 Å². The van der Waals surface area contributed by atoms with E-state index < -0.39 is 14.7 Å². The van der Waals surface area contributed by atoms with E-state index in [4.69, 9.17) is 18.5 Å². The normalized spacial score (nSPS) is 12.8. The van der Waals surface area contributed by atoms with Crippen molar-refractivity contribution in [2.75, 3.05) is 33.4 Å². The molecule has 0 radical (unpaired) electrons. The minimum Gasteiger partial charge on any atom is -0.493 e. The highest BCUT2D eigenvalue weighted by molar-refractivity contribution is 7.40. The van der Waals surface area contributed by atoms with Crippen LogP contribution < -0.4 is 10.1 Å². The zero-order valence-corrected chi connectivity index (χ0v) is 27.4. The molecular weight excluding hydrogens is 537 g/mol. The van der Waals surface area contributed by atoms with Gasteiger partial charge in [-0.3, -0.25) is 4.79 Å². The lowest BCUT2D eigenvalue weighted by molar-refractivity contribution is -0.627. The number of esters is 1. The van der Waals surface area contributed by atoms with Gasteiger partial charge in [-0.05, 0) is 18.1 Å². The van der Waals surface area contributed by atoms with Crippen LogP contribution in [0.15, 0.2) is 24.3 Å². The summed E-state index contributed by atoms with van der Waals surface area (Å²) in [6.45, 7) is 5.92. The van der Waals surface area contributed by atoms with Crippen molar-refractivity contribution < 1.29 is 33.5 Å². The number of nitrogens with two attached hydrogens (primary N) is 1. The van der Waals surface area contributed by atoms with Crippen LogP contribution >= 0.6 is 8.60 Å². The molecule has 1 rings (SSSR count). The highest BCUT2D eigenvalue weighted by Crippen LogP contribution is 2.33. The van der Waals surface area contributed by atoms with Crippen molar-refractivity contribution >= 4 is 14.6 Å². The van der Waals surface area contributed by atoms with Gasteiger partial charge in [0.25, 0.3) is 0 Å². The molecule has 8 heteroatoms. The minimum absolute atomic E-state index is 0.0667.